The summed E-state index contributed by atoms with van der Waals surface area (Å²) >= 11 is 0. The van der Waals surface area contributed by atoms with E-state index in [-0.39, 0.29) is 0 Å². The van der Waals surface area contributed by atoms with Crippen molar-refractivity contribution in [2.24, 2.45) is 0 Å². The molecule has 0 aromatic heterocycles. The molecule has 0 spiro atoms. The zero-order valence-electron chi connectivity index (χ0n) is 11.4. The number of hydrogen-bond donors (Lipinski definition) is 1. The van der Waals surface area contributed by atoms with Crippen LogP contribution in [0.4, 0.5) is 18.9 Å². The number of anilines is 1. The van der Waals surface area contributed by atoms with Crippen molar-refractivity contribution >= 4 is 5.69 Å². The molecule has 2 aromatic carbocycles. The van der Waals surface area contributed by atoms with Crippen molar-refractivity contribution in [2.75, 3.05) is 5.32 Å². The molecule has 2 rings (SSSR count). The molecule has 0 bridgehead atoms. The standard InChI is InChI=1S/C16H16F3N/c1-11-6-7-15(8-12(11)2)20-10-13-4-3-5-14(9-13)16(17,18)19/h3-9,20H,10H2,1-2H3. The Morgan fingerprint density at radius 2 is 1.70 bits per heavy atom. The molecule has 0 fully saturated rings. The third kappa shape index (κ3) is 3.53. The molecule has 4 heteroatoms. The molecular weight excluding hydrogens is 263 g/mol. The largest absolute Gasteiger partial charge is 0.416 e. The van der Waals surface area contributed by atoms with Gasteiger partial charge >= 0.3 is 6.18 Å². The van der Waals surface area contributed by atoms with Gasteiger partial charge in [0.15, 0.2) is 0 Å². The Morgan fingerprint density at radius 1 is 0.950 bits per heavy atom. The van der Waals surface area contributed by atoms with Gasteiger partial charge < -0.3 is 5.32 Å². The summed E-state index contributed by atoms with van der Waals surface area (Å²) in [7, 11) is 0. The van der Waals surface area contributed by atoms with Crippen molar-refractivity contribution in [1.29, 1.82) is 0 Å². The van der Waals surface area contributed by atoms with Crippen LogP contribution in [0.15, 0.2) is 42.5 Å². The van der Waals surface area contributed by atoms with Gasteiger partial charge in [-0.25, -0.2) is 0 Å². The molecule has 0 radical (unpaired) electrons. The summed E-state index contributed by atoms with van der Waals surface area (Å²) in [5.74, 6) is 0. The van der Waals surface area contributed by atoms with E-state index in [1.54, 1.807) is 6.07 Å². The number of alkyl halides is 3. The van der Waals surface area contributed by atoms with Crippen molar-refractivity contribution in [1.82, 2.24) is 0 Å². The summed E-state index contributed by atoms with van der Waals surface area (Å²) in [6.45, 7) is 4.39. The van der Waals surface area contributed by atoms with E-state index in [4.69, 9.17) is 0 Å². The highest BCUT2D eigenvalue weighted by Crippen LogP contribution is 2.29. The van der Waals surface area contributed by atoms with Crippen molar-refractivity contribution in [3.8, 4) is 0 Å². The van der Waals surface area contributed by atoms with E-state index in [9.17, 15) is 13.2 Å². The van der Waals surface area contributed by atoms with E-state index in [1.807, 2.05) is 32.0 Å². The predicted octanol–water partition coefficient (Wildman–Crippen LogP) is 4.93. The highest BCUT2D eigenvalue weighted by molar-refractivity contribution is 5.48. The summed E-state index contributed by atoms with van der Waals surface area (Å²) in [4.78, 5) is 0. The maximum absolute atomic E-state index is 12.6. The second kappa shape index (κ2) is 5.57. The molecule has 0 amide bonds. The maximum atomic E-state index is 12.6. The molecule has 1 nitrogen and oxygen atoms in total. The van der Waals surface area contributed by atoms with E-state index in [1.165, 1.54) is 17.7 Å². The lowest BCUT2D eigenvalue weighted by molar-refractivity contribution is -0.137. The molecule has 0 saturated heterocycles. The molecule has 0 heterocycles. The summed E-state index contributed by atoms with van der Waals surface area (Å²) in [6, 6.07) is 11.3. The summed E-state index contributed by atoms with van der Waals surface area (Å²) < 4.78 is 37.8. The Kier molecular flexibility index (Phi) is 4.02. The molecule has 20 heavy (non-hydrogen) atoms. The Morgan fingerprint density at radius 3 is 2.35 bits per heavy atom. The van der Waals surface area contributed by atoms with Gasteiger partial charge in [0.05, 0.1) is 5.56 Å². The smallest absolute Gasteiger partial charge is 0.381 e. The highest BCUT2D eigenvalue weighted by Gasteiger charge is 2.30. The fourth-order valence-electron chi connectivity index (χ4n) is 1.91. The summed E-state index contributed by atoms with van der Waals surface area (Å²) in [5.41, 5.74) is 3.24. The van der Waals surface area contributed by atoms with Crippen molar-refractivity contribution in [3.05, 3.63) is 64.7 Å². The minimum Gasteiger partial charge on any atom is -0.381 e. The van der Waals surface area contributed by atoms with Gasteiger partial charge in [-0.05, 0) is 54.8 Å². The molecule has 106 valence electrons. The maximum Gasteiger partial charge on any atom is 0.416 e. The first-order valence-electron chi connectivity index (χ1n) is 6.33. The van der Waals surface area contributed by atoms with Gasteiger partial charge in [0.25, 0.3) is 0 Å². The fourth-order valence-corrected chi connectivity index (χ4v) is 1.91. The van der Waals surface area contributed by atoms with Crippen LogP contribution in [0.25, 0.3) is 0 Å². The number of nitrogens with one attached hydrogen (secondary N) is 1. The molecule has 0 saturated carbocycles. The number of hydrogen-bond acceptors (Lipinski definition) is 1. The van der Waals surface area contributed by atoms with Gasteiger partial charge in [-0.2, -0.15) is 13.2 Å². The van der Waals surface area contributed by atoms with Crippen LogP contribution in [-0.4, -0.2) is 0 Å². The first-order chi connectivity index (χ1) is 9.36. The normalized spacial score (nSPS) is 11.4. The third-order valence-corrected chi connectivity index (χ3v) is 3.26. The first kappa shape index (κ1) is 14.4. The summed E-state index contributed by atoms with van der Waals surface area (Å²) in [6.07, 6.45) is -4.30. The predicted molar refractivity (Wildman–Crippen MR) is 74.7 cm³/mol. The second-order valence-electron chi connectivity index (χ2n) is 4.85. The van der Waals surface area contributed by atoms with Gasteiger partial charge in [0.2, 0.25) is 0 Å². The Balaban J connectivity index is 2.09. The van der Waals surface area contributed by atoms with E-state index >= 15 is 0 Å². The van der Waals surface area contributed by atoms with E-state index in [0.717, 1.165) is 17.3 Å². The first-order valence-corrected chi connectivity index (χ1v) is 6.33. The van der Waals surface area contributed by atoms with Gasteiger partial charge in [-0.15, -0.1) is 0 Å². The minimum atomic E-state index is -4.30. The van der Waals surface area contributed by atoms with Crippen LogP contribution in [0.2, 0.25) is 0 Å². The highest BCUT2D eigenvalue weighted by atomic mass is 19.4. The van der Waals surface area contributed by atoms with Gasteiger partial charge in [0.1, 0.15) is 0 Å². The number of aryl methyl sites for hydroxylation is 2. The third-order valence-electron chi connectivity index (χ3n) is 3.26. The molecule has 0 aliphatic carbocycles. The van der Waals surface area contributed by atoms with Gasteiger partial charge in [-0.3, -0.25) is 0 Å². The van der Waals surface area contributed by atoms with Gasteiger partial charge in [0, 0.05) is 12.2 Å². The SMILES string of the molecule is Cc1ccc(NCc2cccc(C(F)(F)F)c2)cc1C. The van der Waals surface area contributed by atoms with E-state index in [2.05, 4.69) is 5.32 Å². The van der Waals surface area contributed by atoms with Gasteiger partial charge in [-0.1, -0.05) is 18.2 Å². The number of rotatable bonds is 3. The molecule has 0 unspecified atom stereocenters. The quantitative estimate of drug-likeness (QED) is 0.839. The Hall–Kier alpha value is -1.97. The van der Waals surface area contributed by atoms with Crippen molar-refractivity contribution in [3.63, 3.8) is 0 Å². The van der Waals surface area contributed by atoms with E-state index in [0.29, 0.717) is 12.1 Å². The monoisotopic (exact) mass is 279 g/mol. The van der Waals surface area contributed by atoms with Crippen molar-refractivity contribution < 1.29 is 13.2 Å². The molecule has 0 atom stereocenters. The van der Waals surface area contributed by atoms with Crippen LogP contribution in [0.3, 0.4) is 0 Å². The lowest BCUT2D eigenvalue weighted by atomic mass is 10.1. The average Bonchev–Trinajstić information content (AvgIpc) is 2.39. The average molecular weight is 279 g/mol. The topological polar surface area (TPSA) is 12.0 Å². The number of benzene rings is 2. The number of halogens is 3. The van der Waals surface area contributed by atoms with Crippen LogP contribution in [0.5, 0.6) is 0 Å². The van der Waals surface area contributed by atoms with Crippen LogP contribution < -0.4 is 5.32 Å². The Bertz CT molecular complexity index is 603. The molecule has 0 aliphatic heterocycles. The minimum absolute atomic E-state index is 0.367. The zero-order chi connectivity index (χ0) is 14.8. The summed E-state index contributed by atoms with van der Waals surface area (Å²) in [5, 5.41) is 3.14. The van der Waals surface area contributed by atoms with Crippen molar-refractivity contribution in [2.45, 2.75) is 26.6 Å². The molecule has 2 aromatic rings. The van der Waals surface area contributed by atoms with Crippen LogP contribution in [0, 0.1) is 13.8 Å². The van der Waals surface area contributed by atoms with Crippen LogP contribution in [-0.2, 0) is 12.7 Å². The van der Waals surface area contributed by atoms with Crippen LogP contribution in [0.1, 0.15) is 22.3 Å². The lowest BCUT2D eigenvalue weighted by Crippen LogP contribution is -2.07. The lowest BCUT2D eigenvalue weighted by Gasteiger charge is -2.11. The van der Waals surface area contributed by atoms with E-state index < -0.39 is 11.7 Å². The van der Waals surface area contributed by atoms with Crippen LogP contribution >= 0.6 is 0 Å². The molecule has 0 aliphatic rings. The Labute approximate surface area is 116 Å². The molecule has 1 N–H and O–H groups in total. The fraction of sp³-hybridized carbons (Fsp3) is 0.250. The second-order valence-corrected chi connectivity index (χ2v) is 4.85. The molecular formula is C16H16F3N. The zero-order valence-corrected chi connectivity index (χ0v) is 11.4.